The average molecular weight is 416 g/mol. The standard InChI is InChI=1S/C28H33NO2/c1-28-15-14-24-23-11-9-22(31-19-20-6-3-2-4-7-20)18-21(23)8-10-25(24)26(28)12-13-27(28)30-17-5-16-29/h2-4,6-7,9,11,18,24-27H,5,8,10,12-15,17,19H2,1H3/t24-,25-,26+,27+,28+/m1/s1. The molecule has 0 saturated heterocycles. The Morgan fingerprint density at radius 2 is 1.94 bits per heavy atom. The zero-order chi connectivity index (χ0) is 21.3. The molecule has 0 N–H and O–H groups in total. The van der Waals surface area contributed by atoms with Crippen molar-refractivity contribution in [2.24, 2.45) is 17.3 Å². The molecule has 0 bridgehead atoms. The van der Waals surface area contributed by atoms with Crippen LogP contribution in [0.25, 0.3) is 0 Å². The maximum Gasteiger partial charge on any atom is 0.120 e. The van der Waals surface area contributed by atoms with Crippen LogP contribution in [0.1, 0.15) is 68.1 Å². The summed E-state index contributed by atoms with van der Waals surface area (Å²) in [6.45, 7) is 3.68. The number of ether oxygens (including phenoxy) is 2. The van der Waals surface area contributed by atoms with Gasteiger partial charge in [-0.2, -0.15) is 5.26 Å². The summed E-state index contributed by atoms with van der Waals surface area (Å²) < 4.78 is 12.3. The van der Waals surface area contributed by atoms with E-state index in [1.807, 2.05) is 6.07 Å². The van der Waals surface area contributed by atoms with Crippen molar-refractivity contribution in [1.29, 1.82) is 5.26 Å². The second kappa shape index (κ2) is 8.67. The van der Waals surface area contributed by atoms with Crippen molar-refractivity contribution in [3.05, 3.63) is 65.2 Å². The SMILES string of the molecule is C[C@]12CC[C@@H]3c4ccc(OCc5ccccc5)cc4CC[C@H]3[C@@H]1CC[C@@H]2OCCC#N. The van der Waals surface area contributed by atoms with Gasteiger partial charge in [-0.1, -0.05) is 43.3 Å². The lowest BCUT2D eigenvalue weighted by molar-refractivity contribution is -0.0623. The van der Waals surface area contributed by atoms with Crippen molar-refractivity contribution in [2.75, 3.05) is 6.61 Å². The molecule has 0 heterocycles. The molecule has 5 rings (SSSR count). The summed E-state index contributed by atoms with van der Waals surface area (Å²) in [4.78, 5) is 0. The van der Waals surface area contributed by atoms with E-state index in [1.165, 1.54) is 36.8 Å². The molecule has 2 fully saturated rings. The summed E-state index contributed by atoms with van der Waals surface area (Å²) in [5.74, 6) is 3.20. The van der Waals surface area contributed by atoms with Crippen molar-refractivity contribution in [3.63, 3.8) is 0 Å². The van der Waals surface area contributed by atoms with Crippen LogP contribution in [0.3, 0.4) is 0 Å². The molecule has 3 aliphatic rings. The van der Waals surface area contributed by atoms with Gasteiger partial charge in [0.25, 0.3) is 0 Å². The third kappa shape index (κ3) is 3.87. The molecule has 2 aromatic rings. The number of hydrogen-bond donors (Lipinski definition) is 0. The lowest BCUT2D eigenvalue weighted by Gasteiger charge is -2.50. The largest absolute Gasteiger partial charge is 0.489 e. The number of nitrogens with zero attached hydrogens (tertiary/aromatic N) is 1. The first kappa shape index (κ1) is 20.6. The normalized spacial score (nSPS) is 31.2. The van der Waals surface area contributed by atoms with Gasteiger partial charge in [-0.05, 0) is 90.5 Å². The highest BCUT2D eigenvalue weighted by molar-refractivity contribution is 5.41. The summed E-state index contributed by atoms with van der Waals surface area (Å²) >= 11 is 0. The van der Waals surface area contributed by atoms with E-state index in [1.54, 1.807) is 5.56 Å². The highest BCUT2D eigenvalue weighted by Gasteiger charge is 2.55. The van der Waals surface area contributed by atoms with Gasteiger partial charge in [0, 0.05) is 0 Å². The molecule has 0 radical (unpaired) electrons. The van der Waals surface area contributed by atoms with E-state index in [-0.39, 0.29) is 5.41 Å². The number of hydrogen-bond acceptors (Lipinski definition) is 3. The minimum Gasteiger partial charge on any atom is -0.489 e. The highest BCUT2D eigenvalue weighted by Crippen LogP contribution is 2.61. The highest BCUT2D eigenvalue weighted by atomic mass is 16.5. The number of aryl methyl sites for hydroxylation is 1. The average Bonchev–Trinajstić information content (AvgIpc) is 3.14. The minimum atomic E-state index is 0.285. The molecule has 162 valence electrons. The fraction of sp³-hybridized carbons (Fsp3) is 0.536. The summed E-state index contributed by atoms with van der Waals surface area (Å²) in [6.07, 6.45) is 8.22. The van der Waals surface area contributed by atoms with Gasteiger partial charge in [0.2, 0.25) is 0 Å². The summed E-state index contributed by atoms with van der Waals surface area (Å²) in [7, 11) is 0. The number of fused-ring (bicyclic) bond motifs is 5. The monoisotopic (exact) mass is 415 g/mol. The molecule has 0 aromatic heterocycles. The molecule has 0 aliphatic heterocycles. The predicted octanol–water partition coefficient (Wildman–Crippen LogP) is 6.42. The Morgan fingerprint density at radius 3 is 2.77 bits per heavy atom. The molecule has 31 heavy (non-hydrogen) atoms. The first-order valence-electron chi connectivity index (χ1n) is 12.0. The summed E-state index contributed by atoms with van der Waals surface area (Å²) in [5.41, 5.74) is 4.56. The molecule has 0 spiro atoms. The van der Waals surface area contributed by atoms with E-state index in [4.69, 9.17) is 14.7 Å². The zero-order valence-electron chi connectivity index (χ0n) is 18.6. The Kier molecular flexibility index (Phi) is 5.76. The van der Waals surface area contributed by atoms with E-state index in [0.717, 1.165) is 30.4 Å². The van der Waals surface area contributed by atoms with Crippen LogP contribution in [-0.4, -0.2) is 12.7 Å². The number of rotatable bonds is 6. The first-order chi connectivity index (χ1) is 15.2. The van der Waals surface area contributed by atoms with Gasteiger partial charge in [0.15, 0.2) is 0 Å². The van der Waals surface area contributed by atoms with Gasteiger partial charge < -0.3 is 9.47 Å². The molecular formula is C28H33NO2. The molecule has 0 unspecified atom stereocenters. The van der Waals surface area contributed by atoms with Crippen molar-refractivity contribution in [2.45, 2.75) is 70.5 Å². The molecular weight excluding hydrogens is 382 g/mol. The Morgan fingerprint density at radius 1 is 1.06 bits per heavy atom. The quantitative estimate of drug-likeness (QED) is 0.511. The van der Waals surface area contributed by atoms with Crippen molar-refractivity contribution in [1.82, 2.24) is 0 Å². The van der Waals surface area contributed by atoms with Gasteiger partial charge in [0.05, 0.1) is 25.2 Å². The summed E-state index contributed by atoms with van der Waals surface area (Å²) in [6, 6.07) is 19.4. The maximum atomic E-state index is 8.86. The van der Waals surface area contributed by atoms with Crippen LogP contribution in [0.2, 0.25) is 0 Å². The third-order valence-electron chi connectivity index (χ3n) is 8.39. The molecule has 5 atom stereocenters. The van der Waals surface area contributed by atoms with Crippen LogP contribution in [0.15, 0.2) is 48.5 Å². The fourth-order valence-corrected chi connectivity index (χ4v) is 6.86. The third-order valence-corrected chi connectivity index (χ3v) is 8.39. The lowest BCUT2D eigenvalue weighted by atomic mass is 9.55. The second-order valence-corrected chi connectivity index (χ2v) is 9.94. The Bertz CT molecular complexity index is 949. The van der Waals surface area contributed by atoms with Crippen LogP contribution >= 0.6 is 0 Å². The van der Waals surface area contributed by atoms with Crippen LogP contribution in [0, 0.1) is 28.6 Å². The molecule has 3 aliphatic carbocycles. The smallest absolute Gasteiger partial charge is 0.120 e. The molecule has 2 saturated carbocycles. The van der Waals surface area contributed by atoms with E-state index >= 15 is 0 Å². The minimum absolute atomic E-state index is 0.285. The van der Waals surface area contributed by atoms with Crippen molar-refractivity contribution < 1.29 is 9.47 Å². The molecule has 0 amide bonds. The lowest BCUT2D eigenvalue weighted by Crippen LogP contribution is -2.44. The van der Waals surface area contributed by atoms with Gasteiger partial charge >= 0.3 is 0 Å². The topological polar surface area (TPSA) is 42.2 Å². The number of nitriles is 1. The van der Waals surface area contributed by atoms with Crippen LogP contribution in [-0.2, 0) is 17.8 Å². The summed E-state index contributed by atoms with van der Waals surface area (Å²) in [5, 5.41) is 8.86. The molecule has 3 heteroatoms. The Balaban J connectivity index is 1.28. The predicted molar refractivity (Wildman–Crippen MR) is 122 cm³/mol. The zero-order valence-corrected chi connectivity index (χ0v) is 18.6. The van der Waals surface area contributed by atoms with Gasteiger partial charge in [-0.15, -0.1) is 0 Å². The Hall–Kier alpha value is -2.31. The molecule has 2 aromatic carbocycles. The van der Waals surface area contributed by atoms with Crippen LogP contribution < -0.4 is 4.74 Å². The van der Waals surface area contributed by atoms with Crippen LogP contribution in [0.4, 0.5) is 0 Å². The maximum absolute atomic E-state index is 8.86. The molecule has 3 nitrogen and oxygen atoms in total. The van der Waals surface area contributed by atoms with E-state index < -0.39 is 0 Å². The Labute approximate surface area is 186 Å². The van der Waals surface area contributed by atoms with Gasteiger partial charge in [-0.25, -0.2) is 0 Å². The fourth-order valence-electron chi connectivity index (χ4n) is 6.86. The first-order valence-corrected chi connectivity index (χ1v) is 12.0. The van der Waals surface area contributed by atoms with E-state index in [2.05, 4.69) is 55.5 Å². The van der Waals surface area contributed by atoms with Gasteiger partial charge in [0.1, 0.15) is 12.4 Å². The van der Waals surface area contributed by atoms with E-state index in [0.29, 0.717) is 31.7 Å². The van der Waals surface area contributed by atoms with Crippen LogP contribution in [0.5, 0.6) is 5.75 Å². The second-order valence-electron chi connectivity index (χ2n) is 9.94. The number of benzene rings is 2. The van der Waals surface area contributed by atoms with E-state index in [9.17, 15) is 0 Å². The van der Waals surface area contributed by atoms with Crippen molar-refractivity contribution >= 4 is 0 Å². The van der Waals surface area contributed by atoms with Gasteiger partial charge in [-0.3, -0.25) is 0 Å². The van der Waals surface area contributed by atoms with Crippen molar-refractivity contribution in [3.8, 4) is 11.8 Å².